The summed E-state index contributed by atoms with van der Waals surface area (Å²) in [6, 6.07) is -2.96. The molecule has 22 heteroatoms. The molecule has 0 aliphatic carbocycles. The Morgan fingerprint density at radius 3 is 1.84 bits per heavy atom. The van der Waals surface area contributed by atoms with Crippen molar-refractivity contribution in [3.05, 3.63) is 0 Å². The van der Waals surface area contributed by atoms with Crippen LogP contribution in [0.25, 0.3) is 0 Å². The highest BCUT2D eigenvalue weighted by atomic mass is 16.8. The topological polar surface area (TPSA) is 356 Å². The van der Waals surface area contributed by atoms with E-state index in [1.165, 1.54) is 6.92 Å². The lowest BCUT2D eigenvalue weighted by molar-refractivity contribution is -0.373. The lowest BCUT2D eigenvalue weighted by Gasteiger charge is -2.47. The second-order valence-corrected chi connectivity index (χ2v) is 12.4. The van der Waals surface area contributed by atoms with Crippen LogP contribution < -0.4 is 10.6 Å². The first-order valence-electron chi connectivity index (χ1n) is 15.8. The van der Waals surface area contributed by atoms with Crippen molar-refractivity contribution in [2.45, 2.75) is 137 Å². The molecular formula is C28H50N2O20. The number of hydrogen-bond acceptors (Lipinski definition) is 20. The molecule has 14 N–H and O–H groups in total. The molecule has 0 aromatic carbocycles. The minimum absolute atomic E-state index is 0.667. The molecule has 3 heterocycles. The summed E-state index contributed by atoms with van der Waals surface area (Å²) in [5.41, 5.74) is 0. The maximum atomic E-state index is 12.0. The minimum atomic E-state index is -2.14. The van der Waals surface area contributed by atoms with Crippen LogP contribution >= 0.6 is 0 Å². The summed E-state index contributed by atoms with van der Waals surface area (Å²) < 4.78 is 33.4. The number of carbonyl (C=O) groups is 2. The van der Waals surface area contributed by atoms with Crippen LogP contribution in [-0.4, -0.2) is 216 Å². The molecule has 0 aromatic heterocycles. The Balaban J connectivity index is 1.88. The first-order valence-corrected chi connectivity index (χ1v) is 15.8. The zero-order chi connectivity index (χ0) is 37.6. The molecule has 19 atom stereocenters. The summed E-state index contributed by atoms with van der Waals surface area (Å²) >= 11 is 0. The van der Waals surface area contributed by atoms with Gasteiger partial charge in [-0.3, -0.25) is 9.59 Å². The van der Waals surface area contributed by atoms with Crippen LogP contribution in [0, 0.1) is 0 Å². The van der Waals surface area contributed by atoms with Crippen molar-refractivity contribution in [3.8, 4) is 0 Å². The molecule has 3 aliphatic rings. The number of amides is 2. The predicted molar refractivity (Wildman–Crippen MR) is 158 cm³/mol. The normalized spacial score (nSPS) is 41.9. The van der Waals surface area contributed by atoms with Crippen molar-refractivity contribution in [2.75, 3.05) is 26.4 Å². The molecule has 3 fully saturated rings. The van der Waals surface area contributed by atoms with Crippen molar-refractivity contribution in [1.82, 2.24) is 10.6 Å². The van der Waals surface area contributed by atoms with Gasteiger partial charge in [0.1, 0.15) is 85.4 Å². The van der Waals surface area contributed by atoms with Crippen molar-refractivity contribution in [2.24, 2.45) is 0 Å². The number of nitrogens with one attached hydrogen (secondary N) is 2. The number of hydrogen-bond donors (Lipinski definition) is 14. The average molecular weight is 735 g/mol. The van der Waals surface area contributed by atoms with Crippen molar-refractivity contribution >= 4 is 11.8 Å². The molecule has 3 saturated heterocycles. The van der Waals surface area contributed by atoms with E-state index in [1.54, 1.807) is 0 Å². The van der Waals surface area contributed by atoms with Gasteiger partial charge in [0.2, 0.25) is 11.8 Å². The van der Waals surface area contributed by atoms with E-state index in [0.29, 0.717) is 0 Å². The van der Waals surface area contributed by atoms with Gasteiger partial charge in [0.15, 0.2) is 18.9 Å². The molecule has 0 bridgehead atoms. The summed E-state index contributed by atoms with van der Waals surface area (Å²) in [7, 11) is 0. The van der Waals surface area contributed by atoms with Gasteiger partial charge in [0.05, 0.1) is 38.6 Å². The molecule has 0 radical (unpaired) electrons. The van der Waals surface area contributed by atoms with Crippen LogP contribution in [0.5, 0.6) is 0 Å². The lowest BCUT2D eigenvalue weighted by atomic mass is 9.96. The quantitative estimate of drug-likeness (QED) is 0.0742. The molecule has 0 unspecified atom stereocenters. The molecule has 292 valence electrons. The molecule has 0 aromatic rings. The van der Waals surface area contributed by atoms with Crippen LogP contribution in [0.3, 0.4) is 0 Å². The van der Waals surface area contributed by atoms with Gasteiger partial charge in [-0.05, 0) is 6.92 Å². The Morgan fingerprint density at radius 2 is 1.30 bits per heavy atom. The van der Waals surface area contributed by atoms with E-state index in [4.69, 9.17) is 28.4 Å². The second-order valence-electron chi connectivity index (χ2n) is 12.4. The van der Waals surface area contributed by atoms with Gasteiger partial charge in [0.25, 0.3) is 0 Å². The Bertz CT molecular complexity index is 1080. The first kappa shape index (κ1) is 42.6. The van der Waals surface area contributed by atoms with E-state index in [0.717, 1.165) is 13.8 Å². The monoisotopic (exact) mass is 734 g/mol. The van der Waals surface area contributed by atoms with E-state index >= 15 is 0 Å². The van der Waals surface area contributed by atoms with Gasteiger partial charge >= 0.3 is 0 Å². The molecule has 22 nitrogen and oxygen atoms in total. The zero-order valence-corrected chi connectivity index (χ0v) is 27.4. The zero-order valence-electron chi connectivity index (χ0n) is 27.4. The SMILES string of the molecule is CC(=O)N[C@H]1[C@H](OC[C@@H](O)[C@H](O)[C@H](O[C@@H]2O[C@H](CO)[C@H](O)[C@H](O)[C@H]2O[C@@H]2O[C@@H](C)[C@@H](O)[C@@H](O)[C@@H]2O)[C@H](CO)NC(C)=O)O[C@H](CO)[C@@H](O)[C@@H]1O. The van der Waals surface area contributed by atoms with Gasteiger partial charge in [-0.1, -0.05) is 0 Å². The van der Waals surface area contributed by atoms with Crippen molar-refractivity contribution in [3.63, 3.8) is 0 Å². The van der Waals surface area contributed by atoms with E-state index in [1.807, 2.05) is 0 Å². The fraction of sp³-hybridized carbons (Fsp3) is 0.929. The van der Waals surface area contributed by atoms with E-state index < -0.39 is 155 Å². The van der Waals surface area contributed by atoms with E-state index in [9.17, 15) is 70.9 Å². The van der Waals surface area contributed by atoms with Gasteiger partial charge in [-0.2, -0.15) is 0 Å². The van der Waals surface area contributed by atoms with Gasteiger partial charge in [0, 0.05) is 13.8 Å². The van der Waals surface area contributed by atoms with Crippen LogP contribution in [0.1, 0.15) is 20.8 Å². The maximum absolute atomic E-state index is 12.0. The Labute approximate surface area is 285 Å². The van der Waals surface area contributed by atoms with Crippen LogP contribution in [0.15, 0.2) is 0 Å². The third-order valence-electron chi connectivity index (χ3n) is 8.61. The summed E-state index contributed by atoms with van der Waals surface area (Å²) in [6.45, 7) is 0.0230. The predicted octanol–water partition coefficient (Wildman–Crippen LogP) is -8.80. The molecule has 3 rings (SSSR count). The number of ether oxygens (including phenoxy) is 6. The minimum Gasteiger partial charge on any atom is -0.394 e. The molecule has 3 aliphatic heterocycles. The highest BCUT2D eigenvalue weighted by Gasteiger charge is 2.52. The van der Waals surface area contributed by atoms with Crippen molar-refractivity contribution in [1.29, 1.82) is 0 Å². The van der Waals surface area contributed by atoms with Gasteiger partial charge < -0.3 is 100 Å². The number of rotatable bonds is 15. The fourth-order valence-electron chi connectivity index (χ4n) is 5.78. The summed E-state index contributed by atoms with van der Waals surface area (Å²) in [5.74, 6) is -1.41. The Hall–Kier alpha value is -1.78. The van der Waals surface area contributed by atoms with Crippen molar-refractivity contribution < 1.29 is 99.3 Å². The second kappa shape index (κ2) is 18.8. The molecule has 50 heavy (non-hydrogen) atoms. The molecular weight excluding hydrogens is 684 g/mol. The Morgan fingerprint density at radius 1 is 0.720 bits per heavy atom. The van der Waals surface area contributed by atoms with Crippen LogP contribution in [0.4, 0.5) is 0 Å². The smallest absolute Gasteiger partial charge is 0.217 e. The number of aliphatic hydroxyl groups excluding tert-OH is 12. The third-order valence-corrected chi connectivity index (χ3v) is 8.61. The van der Waals surface area contributed by atoms with Gasteiger partial charge in [-0.25, -0.2) is 0 Å². The average Bonchev–Trinajstić information content (AvgIpc) is 3.07. The number of aliphatic hydroxyl groups is 12. The fourth-order valence-corrected chi connectivity index (χ4v) is 5.78. The Kier molecular flexibility index (Phi) is 16.0. The molecule has 2 amide bonds. The van der Waals surface area contributed by atoms with Crippen LogP contribution in [-0.2, 0) is 38.0 Å². The first-order chi connectivity index (χ1) is 23.5. The highest BCUT2D eigenvalue weighted by Crippen LogP contribution is 2.31. The molecule has 0 spiro atoms. The third kappa shape index (κ3) is 10.00. The maximum Gasteiger partial charge on any atom is 0.217 e. The van der Waals surface area contributed by atoms with Crippen LogP contribution in [0.2, 0.25) is 0 Å². The number of carbonyl (C=O) groups excluding carboxylic acids is 2. The van der Waals surface area contributed by atoms with E-state index in [-0.39, 0.29) is 0 Å². The summed E-state index contributed by atoms with van der Waals surface area (Å²) in [5, 5.41) is 129. The highest BCUT2D eigenvalue weighted by molar-refractivity contribution is 5.73. The van der Waals surface area contributed by atoms with E-state index in [2.05, 4.69) is 10.6 Å². The van der Waals surface area contributed by atoms with Gasteiger partial charge in [-0.15, -0.1) is 0 Å². The largest absolute Gasteiger partial charge is 0.394 e. The summed E-state index contributed by atoms with van der Waals surface area (Å²) in [4.78, 5) is 23.7. The lowest BCUT2D eigenvalue weighted by Crippen LogP contribution is -2.66. The standard InChI is InChI=1S/C28H50N2O20/c1-8-16(37)21(42)23(44)27(46-8)50-25-22(43)19(40)14(6-33)48-28(25)49-24(11(4-31)29-9(2)34)17(38)12(36)7-45-26-15(30-10(3)35)20(41)18(39)13(5-32)47-26/h8,11-28,31-33,36-44H,4-7H2,1-3H3,(H,29,34)(H,30,35)/t8-,11-,12+,13+,14+,15+,16+,17-,18+,19-,20+,21+,22-,23-,24+,25+,26+,27-,28-/m0/s1. The summed E-state index contributed by atoms with van der Waals surface area (Å²) in [6.07, 6.45) is -29.6. The molecule has 0 saturated carbocycles.